The quantitative estimate of drug-likeness (QED) is 0.755. The second kappa shape index (κ2) is 5.49. The minimum absolute atomic E-state index is 0.498. The highest BCUT2D eigenvalue weighted by Crippen LogP contribution is 2.35. The highest BCUT2D eigenvalue weighted by atomic mass is 32.1. The lowest BCUT2D eigenvalue weighted by atomic mass is 9.93. The third-order valence-corrected chi connectivity index (χ3v) is 5.55. The molecular formula is C16H20N6S. The van der Waals surface area contributed by atoms with E-state index in [1.807, 2.05) is 13.0 Å². The van der Waals surface area contributed by atoms with Gasteiger partial charge in [0.2, 0.25) is 0 Å². The Morgan fingerprint density at radius 1 is 1.26 bits per heavy atom. The third-order valence-electron chi connectivity index (χ3n) is 4.56. The van der Waals surface area contributed by atoms with Crippen molar-refractivity contribution in [1.82, 2.24) is 20.2 Å². The van der Waals surface area contributed by atoms with Gasteiger partial charge in [0.15, 0.2) is 0 Å². The molecule has 3 aromatic rings. The first-order valence-electron chi connectivity index (χ1n) is 7.90. The summed E-state index contributed by atoms with van der Waals surface area (Å²) in [5.74, 6) is 3.01. The van der Waals surface area contributed by atoms with Crippen LogP contribution in [0.15, 0.2) is 11.4 Å². The van der Waals surface area contributed by atoms with Crippen LogP contribution in [0.4, 0.5) is 11.6 Å². The number of nitrogen functional groups attached to an aromatic ring is 1. The Kier molecular flexibility index (Phi) is 3.45. The molecule has 0 radical (unpaired) electrons. The summed E-state index contributed by atoms with van der Waals surface area (Å²) in [5.41, 5.74) is 8.14. The van der Waals surface area contributed by atoms with Gasteiger partial charge in [-0.15, -0.1) is 11.3 Å². The van der Waals surface area contributed by atoms with Crippen molar-refractivity contribution < 1.29 is 0 Å². The summed E-state index contributed by atoms with van der Waals surface area (Å²) in [6.07, 6.45) is 2.16. The molecule has 0 spiro atoms. The van der Waals surface area contributed by atoms with Crippen molar-refractivity contribution in [2.45, 2.75) is 32.6 Å². The maximum Gasteiger partial charge on any atom is 0.145 e. The molecule has 1 aliphatic rings. The molecule has 0 saturated carbocycles. The molecule has 23 heavy (non-hydrogen) atoms. The first kappa shape index (κ1) is 14.4. The van der Waals surface area contributed by atoms with Gasteiger partial charge in [0, 0.05) is 30.8 Å². The van der Waals surface area contributed by atoms with E-state index in [4.69, 9.17) is 10.7 Å². The van der Waals surface area contributed by atoms with Crippen molar-refractivity contribution in [2.24, 2.45) is 0 Å². The Bertz CT molecular complexity index is 843. The molecule has 0 aromatic carbocycles. The number of nitrogens with one attached hydrogen (secondary N) is 1. The lowest BCUT2D eigenvalue weighted by molar-refractivity contribution is 0.493. The van der Waals surface area contributed by atoms with Crippen LogP contribution >= 0.6 is 11.3 Å². The first-order chi connectivity index (χ1) is 11.1. The fourth-order valence-electron chi connectivity index (χ4n) is 3.36. The van der Waals surface area contributed by atoms with Crippen molar-refractivity contribution in [1.29, 1.82) is 0 Å². The number of H-pyrrole nitrogens is 1. The summed E-state index contributed by atoms with van der Waals surface area (Å²) in [5, 5.41) is 10.5. The minimum atomic E-state index is 0.498. The Morgan fingerprint density at radius 3 is 2.74 bits per heavy atom. The lowest BCUT2D eigenvalue weighted by Gasteiger charge is -2.32. The van der Waals surface area contributed by atoms with Crippen LogP contribution in [0.25, 0.3) is 10.2 Å². The topological polar surface area (TPSA) is 83.7 Å². The van der Waals surface area contributed by atoms with Gasteiger partial charge in [-0.25, -0.2) is 9.97 Å². The van der Waals surface area contributed by atoms with E-state index in [1.54, 1.807) is 11.3 Å². The number of aromatic amines is 1. The van der Waals surface area contributed by atoms with Crippen molar-refractivity contribution in [3.05, 3.63) is 28.5 Å². The zero-order valence-electron chi connectivity index (χ0n) is 13.3. The van der Waals surface area contributed by atoms with Crippen LogP contribution in [0.5, 0.6) is 0 Å². The molecular weight excluding hydrogens is 308 g/mol. The van der Waals surface area contributed by atoms with Gasteiger partial charge in [-0.1, -0.05) is 0 Å². The van der Waals surface area contributed by atoms with Gasteiger partial charge in [0.05, 0.1) is 5.39 Å². The van der Waals surface area contributed by atoms with E-state index < -0.39 is 0 Å². The van der Waals surface area contributed by atoms with E-state index in [0.29, 0.717) is 11.7 Å². The number of nitrogens with two attached hydrogens (primary N) is 1. The SMILES string of the molecule is Cc1nc(N2CCC(c3cc(N)n[nH]3)CC2)c2c(C)csc2n1. The van der Waals surface area contributed by atoms with E-state index in [1.165, 1.54) is 10.9 Å². The normalized spacial score (nSPS) is 16.3. The van der Waals surface area contributed by atoms with Gasteiger partial charge in [0.25, 0.3) is 0 Å². The summed E-state index contributed by atoms with van der Waals surface area (Å²) < 4.78 is 0. The predicted molar refractivity (Wildman–Crippen MR) is 94.1 cm³/mol. The van der Waals surface area contributed by atoms with Gasteiger partial charge in [-0.05, 0) is 37.6 Å². The van der Waals surface area contributed by atoms with Crippen LogP contribution in [0.3, 0.4) is 0 Å². The number of hydrogen-bond acceptors (Lipinski definition) is 6. The summed E-state index contributed by atoms with van der Waals surface area (Å²) in [6.45, 7) is 6.09. The fourth-order valence-corrected chi connectivity index (χ4v) is 4.32. The number of nitrogens with zero attached hydrogens (tertiary/aromatic N) is 4. The summed E-state index contributed by atoms with van der Waals surface area (Å²) in [4.78, 5) is 12.8. The number of piperidine rings is 1. The second-order valence-electron chi connectivity index (χ2n) is 6.20. The molecule has 1 saturated heterocycles. The van der Waals surface area contributed by atoms with E-state index in [-0.39, 0.29) is 0 Å². The number of anilines is 2. The number of hydrogen-bond donors (Lipinski definition) is 2. The van der Waals surface area contributed by atoms with Crippen LogP contribution in [0.1, 0.15) is 35.8 Å². The molecule has 120 valence electrons. The number of aromatic nitrogens is 4. The van der Waals surface area contributed by atoms with E-state index in [0.717, 1.165) is 48.1 Å². The molecule has 7 heteroatoms. The summed E-state index contributed by atoms with van der Waals surface area (Å²) >= 11 is 1.70. The number of rotatable bonds is 2. The molecule has 3 N–H and O–H groups in total. The molecule has 4 heterocycles. The molecule has 0 aliphatic carbocycles. The zero-order valence-corrected chi connectivity index (χ0v) is 14.2. The van der Waals surface area contributed by atoms with E-state index in [2.05, 4.69) is 32.4 Å². The molecule has 6 nitrogen and oxygen atoms in total. The Labute approximate surface area is 138 Å². The van der Waals surface area contributed by atoms with Crippen molar-refractivity contribution in [3.63, 3.8) is 0 Å². The van der Waals surface area contributed by atoms with Gasteiger partial charge in [-0.3, -0.25) is 5.10 Å². The Morgan fingerprint density at radius 2 is 2.04 bits per heavy atom. The maximum absolute atomic E-state index is 5.72. The smallest absolute Gasteiger partial charge is 0.145 e. The average molecular weight is 328 g/mol. The lowest BCUT2D eigenvalue weighted by Crippen LogP contribution is -2.34. The maximum atomic E-state index is 5.72. The average Bonchev–Trinajstić information content (AvgIpc) is 3.13. The molecule has 1 fully saturated rings. The number of fused-ring (bicyclic) bond motifs is 1. The van der Waals surface area contributed by atoms with Gasteiger partial charge < -0.3 is 10.6 Å². The monoisotopic (exact) mass is 328 g/mol. The van der Waals surface area contributed by atoms with Gasteiger partial charge in [-0.2, -0.15) is 5.10 Å². The molecule has 0 amide bonds. The van der Waals surface area contributed by atoms with Crippen molar-refractivity contribution in [2.75, 3.05) is 23.7 Å². The van der Waals surface area contributed by atoms with Gasteiger partial charge in [0.1, 0.15) is 22.3 Å². The largest absolute Gasteiger partial charge is 0.382 e. The second-order valence-corrected chi connectivity index (χ2v) is 7.06. The van der Waals surface area contributed by atoms with Crippen molar-refractivity contribution >= 4 is 33.2 Å². The minimum Gasteiger partial charge on any atom is -0.382 e. The molecule has 3 aromatic heterocycles. The summed E-state index contributed by atoms with van der Waals surface area (Å²) in [6, 6.07) is 1.95. The fraction of sp³-hybridized carbons (Fsp3) is 0.438. The Hall–Kier alpha value is -2.15. The summed E-state index contributed by atoms with van der Waals surface area (Å²) in [7, 11) is 0. The van der Waals surface area contributed by atoms with E-state index in [9.17, 15) is 0 Å². The Balaban J connectivity index is 1.60. The van der Waals surface area contributed by atoms with E-state index >= 15 is 0 Å². The van der Waals surface area contributed by atoms with Crippen LogP contribution in [0, 0.1) is 13.8 Å². The highest BCUT2D eigenvalue weighted by molar-refractivity contribution is 7.17. The zero-order chi connectivity index (χ0) is 16.0. The molecule has 0 unspecified atom stereocenters. The predicted octanol–water partition coefficient (Wildman–Crippen LogP) is 3.00. The number of thiophene rings is 1. The third kappa shape index (κ3) is 2.55. The highest BCUT2D eigenvalue weighted by Gasteiger charge is 2.25. The standard InChI is InChI=1S/C16H20N6S/c1-9-8-23-16-14(9)15(18-10(2)19-16)22-5-3-11(4-6-22)12-7-13(17)21-20-12/h7-8,11H,3-6H2,1-2H3,(H3,17,20,21). The van der Waals surface area contributed by atoms with Crippen LogP contribution in [0.2, 0.25) is 0 Å². The van der Waals surface area contributed by atoms with Crippen LogP contribution in [-0.2, 0) is 0 Å². The first-order valence-corrected chi connectivity index (χ1v) is 8.78. The molecule has 1 aliphatic heterocycles. The molecule has 0 bridgehead atoms. The number of aryl methyl sites for hydroxylation is 2. The molecule has 0 atom stereocenters. The van der Waals surface area contributed by atoms with Crippen LogP contribution < -0.4 is 10.6 Å². The van der Waals surface area contributed by atoms with Crippen LogP contribution in [-0.4, -0.2) is 33.3 Å². The van der Waals surface area contributed by atoms with Crippen molar-refractivity contribution in [3.8, 4) is 0 Å². The molecule has 4 rings (SSSR count). The van der Waals surface area contributed by atoms with Gasteiger partial charge >= 0.3 is 0 Å².